The Morgan fingerprint density at radius 2 is 1.74 bits per heavy atom. The molecule has 2 aromatic heterocycles. The van der Waals surface area contributed by atoms with E-state index in [1.165, 1.54) is 12.1 Å². The summed E-state index contributed by atoms with van der Waals surface area (Å²) in [7, 11) is 0. The average molecular weight is 354 g/mol. The summed E-state index contributed by atoms with van der Waals surface area (Å²) in [4.78, 5) is 18.0. The molecule has 0 saturated carbocycles. The van der Waals surface area contributed by atoms with Gasteiger partial charge in [-0.25, -0.2) is 4.39 Å². The molecule has 4 heteroatoms. The number of hydrogen-bond acceptors (Lipinski definition) is 2. The van der Waals surface area contributed by atoms with Crippen LogP contribution in [0.2, 0.25) is 0 Å². The quantitative estimate of drug-likeness (QED) is 0.391. The van der Waals surface area contributed by atoms with E-state index in [0.29, 0.717) is 22.0 Å². The molecule has 0 spiro atoms. The normalized spacial score (nSPS) is 11.5. The van der Waals surface area contributed by atoms with Gasteiger partial charge in [0.1, 0.15) is 5.82 Å². The molecule has 3 aromatic carbocycles. The molecule has 3 nitrogen and oxygen atoms in total. The first kappa shape index (κ1) is 15.7. The third kappa shape index (κ3) is 2.34. The second-order valence-electron chi connectivity index (χ2n) is 6.70. The largest absolute Gasteiger partial charge is 0.274 e. The van der Waals surface area contributed by atoms with Crippen molar-refractivity contribution in [1.82, 2.24) is 9.55 Å². The Morgan fingerprint density at radius 1 is 0.889 bits per heavy atom. The molecule has 27 heavy (non-hydrogen) atoms. The fourth-order valence-electron chi connectivity index (χ4n) is 3.73. The molecule has 5 aromatic rings. The Morgan fingerprint density at radius 3 is 2.63 bits per heavy atom. The fourth-order valence-corrected chi connectivity index (χ4v) is 3.73. The summed E-state index contributed by atoms with van der Waals surface area (Å²) in [6.07, 6.45) is 1.71. The summed E-state index contributed by atoms with van der Waals surface area (Å²) >= 11 is 0. The summed E-state index contributed by atoms with van der Waals surface area (Å²) in [5, 5.41) is 2.98. The van der Waals surface area contributed by atoms with E-state index in [4.69, 9.17) is 0 Å². The van der Waals surface area contributed by atoms with Crippen molar-refractivity contribution < 1.29 is 4.39 Å². The zero-order valence-electron chi connectivity index (χ0n) is 14.6. The maximum Gasteiger partial charge on any atom is 0.263 e. The molecule has 0 amide bonds. The highest BCUT2D eigenvalue weighted by molar-refractivity contribution is 6.07. The molecule has 0 aliphatic rings. The predicted molar refractivity (Wildman–Crippen MR) is 107 cm³/mol. The van der Waals surface area contributed by atoms with Gasteiger partial charge in [0.15, 0.2) is 0 Å². The monoisotopic (exact) mass is 354 g/mol. The Kier molecular flexibility index (Phi) is 3.34. The molecule has 0 radical (unpaired) electrons. The third-order valence-electron chi connectivity index (χ3n) is 4.95. The number of fused-ring (bicyclic) bond motifs is 4. The number of halogens is 1. The number of pyridine rings is 2. The Balaban J connectivity index is 2.05. The summed E-state index contributed by atoms with van der Waals surface area (Å²) in [5.74, 6) is -0.328. The molecular weight excluding hydrogens is 339 g/mol. The molecule has 5 rings (SSSR count). The van der Waals surface area contributed by atoms with Gasteiger partial charge in [0, 0.05) is 22.4 Å². The molecule has 0 unspecified atom stereocenters. The molecule has 0 bridgehead atoms. The van der Waals surface area contributed by atoms with E-state index in [9.17, 15) is 9.18 Å². The lowest BCUT2D eigenvalue weighted by Gasteiger charge is -2.15. The van der Waals surface area contributed by atoms with Crippen LogP contribution in [-0.2, 0) is 0 Å². The predicted octanol–water partition coefficient (Wildman–Crippen LogP) is 5.14. The van der Waals surface area contributed by atoms with Gasteiger partial charge in [0.2, 0.25) is 0 Å². The highest BCUT2D eigenvalue weighted by atomic mass is 19.1. The van der Waals surface area contributed by atoms with Crippen LogP contribution in [0.4, 0.5) is 4.39 Å². The van der Waals surface area contributed by atoms with Gasteiger partial charge >= 0.3 is 0 Å². The van der Waals surface area contributed by atoms with Crippen molar-refractivity contribution in [3.63, 3.8) is 0 Å². The zero-order chi connectivity index (χ0) is 18.5. The summed E-state index contributed by atoms with van der Waals surface area (Å²) < 4.78 is 15.7. The van der Waals surface area contributed by atoms with Crippen molar-refractivity contribution in [2.75, 3.05) is 0 Å². The SMILES string of the molecule is Cc1ccc2c(c1)c(=O)n(-c1cccc3cccnc13)c1ccc(F)cc21. The number of para-hydroxylation sites is 1. The van der Waals surface area contributed by atoms with Crippen LogP contribution in [0, 0.1) is 12.7 Å². The third-order valence-corrected chi connectivity index (χ3v) is 4.95. The summed E-state index contributed by atoms with van der Waals surface area (Å²) in [6.45, 7) is 1.94. The highest BCUT2D eigenvalue weighted by Gasteiger charge is 2.15. The molecule has 0 aliphatic carbocycles. The molecule has 0 fully saturated rings. The maximum absolute atomic E-state index is 14.0. The molecule has 0 aliphatic heterocycles. The van der Waals surface area contributed by atoms with E-state index < -0.39 is 0 Å². The van der Waals surface area contributed by atoms with Crippen LogP contribution in [0.3, 0.4) is 0 Å². The number of hydrogen-bond donors (Lipinski definition) is 0. The van der Waals surface area contributed by atoms with Crippen molar-refractivity contribution in [3.05, 3.63) is 94.7 Å². The summed E-state index contributed by atoms with van der Waals surface area (Å²) in [5.41, 5.74) is 2.94. The second kappa shape index (κ2) is 5.74. The minimum Gasteiger partial charge on any atom is -0.274 e. The van der Waals surface area contributed by atoms with Gasteiger partial charge in [-0.05, 0) is 48.7 Å². The first-order valence-corrected chi connectivity index (χ1v) is 8.72. The van der Waals surface area contributed by atoms with Crippen LogP contribution in [0.1, 0.15) is 5.56 Å². The molecule has 2 heterocycles. The van der Waals surface area contributed by atoms with Crippen molar-refractivity contribution in [1.29, 1.82) is 0 Å². The number of aromatic nitrogens is 2. The molecule has 0 atom stereocenters. The maximum atomic E-state index is 14.0. The van der Waals surface area contributed by atoms with Gasteiger partial charge in [-0.2, -0.15) is 0 Å². The first-order valence-electron chi connectivity index (χ1n) is 8.72. The lowest BCUT2D eigenvalue weighted by Crippen LogP contribution is -2.20. The van der Waals surface area contributed by atoms with Crippen LogP contribution in [-0.4, -0.2) is 9.55 Å². The van der Waals surface area contributed by atoms with E-state index >= 15 is 0 Å². The fraction of sp³-hybridized carbons (Fsp3) is 0.0435. The minimum absolute atomic E-state index is 0.133. The van der Waals surface area contributed by atoms with Crippen LogP contribution in [0.25, 0.3) is 38.3 Å². The topological polar surface area (TPSA) is 34.9 Å². The van der Waals surface area contributed by atoms with Crippen molar-refractivity contribution in [3.8, 4) is 5.69 Å². The van der Waals surface area contributed by atoms with E-state index in [2.05, 4.69) is 4.98 Å². The van der Waals surface area contributed by atoms with Gasteiger partial charge in [-0.3, -0.25) is 14.3 Å². The van der Waals surface area contributed by atoms with Gasteiger partial charge in [-0.15, -0.1) is 0 Å². The van der Waals surface area contributed by atoms with E-state index in [0.717, 1.165) is 21.9 Å². The molecule has 0 saturated heterocycles. The first-order chi connectivity index (χ1) is 13.1. The standard InChI is InChI=1S/C23H15FN2O/c1-14-7-9-17-18-13-16(24)8-10-20(18)26(23(27)19(17)12-14)21-6-2-4-15-5-3-11-25-22(15)21/h2-13H,1H3. The number of rotatable bonds is 1. The lowest BCUT2D eigenvalue weighted by atomic mass is 10.0. The van der Waals surface area contributed by atoms with Crippen LogP contribution >= 0.6 is 0 Å². The van der Waals surface area contributed by atoms with E-state index in [1.54, 1.807) is 16.8 Å². The number of nitrogens with zero attached hydrogens (tertiary/aromatic N) is 2. The van der Waals surface area contributed by atoms with E-state index in [1.807, 2.05) is 55.5 Å². The average Bonchev–Trinajstić information content (AvgIpc) is 2.69. The molecular formula is C23H15FN2O. The minimum atomic E-state index is -0.328. The lowest BCUT2D eigenvalue weighted by molar-refractivity contribution is 0.629. The van der Waals surface area contributed by atoms with Crippen molar-refractivity contribution in [2.24, 2.45) is 0 Å². The number of benzene rings is 3. The second-order valence-corrected chi connectivity index (χ2v) is 6.70. The zero-order valence-corrected chi connectivity index (χ0v) is 14.6. The highest BCUT2D eigenvalue weighted by Crippen LogP contribution is 2.28. The van der Waals surface area contributed by atoms with Gasteiger partial charge in [0.05, 0.1) is 16.7 Å². The van der Waals surface area contributed by atoms with Gasteiger partial charge in [-0.1, -0.05) is 35.9 Å². The van der Waals surface area contributed by atoms with Crippen LogP contribution < -0.4 is 5.56 Å². The summed E-state index contributed by atoms with van der Waals surface area (Å²) in [6, 6.07) is 19.8. The Labute approximate surface area is 154 Å². The van der Waals surface area contributed by atoms with Gasteiger partial charge < -0.3 is 0 Å². The van der Waals surface area contributed by atoms with Crippen molar-refractivity contribution in [2.45, 2.75) is 6.92 Å². The molecule has 130 valence electrons. The van der Waals surface area contributed by atoms with Crippen molar-refractivity contribution >= 4 is 32.6 Å². The van der Waals surface area contributed by atoms with Gasteiger partial charge in [0.25, 0.3) is 5.56 Å². The van der Waals surface area contributed by atoms with Crippen LogP contribution in [0.15, 0.2) is 77.7 Å². The smallest absolute Gasteiger partial charge is 0.263 e. The van der Waals surface area contributed by atoms with E-state index in [-0.39, 0.29) is 11.4 Å². The number of aryl methyl sites for hydroxylation is 1. The molecule has 0 N–H and O–H groups in total. The Bertz CT molecular complexity index is 1410. The van der Waals surface area contributed by atoms with Crippen LogP contribution in [0.5, 0.6) is 0 Å². The Hall–Kier alpha value is -3.53.